The van der Waals surface area contributed by atoms with Gasteiger partial charge < -0.3 is 25.2 Å². The molecule has 9 nitrogen and oxygen atoms in total. The fourth-order valence-electron chi connectivity index (χ4n) is 3.47. The van der Waals surface area contributed by atoms with E-state index in [1.165, 1.54) is 7.11 Å². The van der Waals surface area contributed by atoms with Crippen molar-refractivity contribution in [2.75, 3.05) is 7.11 Å². The summed E-state index contributed by atoms with van der Waals surface area (Å²) in [4.78, 5) is 49.8. The molecule has 174 valence electrons. The molecule has 1 fully saturated rings. The van der Waals surface area contributed by atoms with Gasteiger partial charge in [-0.3, -0.25) is 9.59 Å². The van der Waals surface area contributed by atoms with Crippen molar-refractivity contribution in [2.24, 2.45) is 5.92 Å². The summed E-state index contributed by atoms with van der Waals surface area (Å²) in [5, 5.41) is 14.8. The number of rotatable bonds is 10. The van der Waals surface area contributed by atoms with Crippen LogP contribution in [0, 0.1) is 5.92 Å². The average molecular weight is 454 g/mol. The highest BCUT2D eigenvalue weighted by atomic mass is 16.5. The lowest BCUT2D eigenvalue weighted by atomic mass is 9.91. The minimum Gasteiger partial charge on any atom is -0.481 e. The van der Waals surface area contributed by atoms with Gasteiger partial charge in [-0.2, -0.15) is 0 Å². The number of aliphatic carboxylic acids is 1. The number of carboxylic acids is 1. The fraction of sp³-hybridized carbons (Fsp3) is 0.333. The lowest BCUT2D eigenvalue weighted by Gasteiger charge is -2.26. The van der Waals surface area contributed by atoms with E-state index in [1.54, 1.807) is 54.6 Å². The van der Waals surface area contributed by atoms with Crippen molar-refractivity contribution in [3.63, 3.8) is 0 Å². The van der Waals surface area contributed by atoms with Crippen LogP contribution in [0.3, 0.4) is 0 Å². The number of carboxylic acid groups (broad SMARTS) is 1. The molecular formula is C24H26N2O7. The summed E-state index contributed by atoms with van der Waals surface area (Å²) in [6, 6.07) is 16.2. The number of amides is 2. The third kappa shape index (κ3) is 6.31. The molecular weight excluding hydrogens is 428 g/mol. The van der Waals surface area contributed by atoms with Crippen LogP contribution in [0.15, 0.2) is 60.7 Å². The first-order chi connectivity index (χ1) is 15.8. The van der Waals surface area contributed by atoms with Gasteiger partial charge in [-0.25, -0.2) is 9.59 Å². The molecule has 0 bridgehead atoms. The second-order valence-electron chi connectivity index (χ2n) is 7.88. The maximum atomic E-state index is 13.1. The van der Waals surface area contributed by atoms with Crippen molar-refractivity contribution in [2.45, 2.75) is 37.5 Å². The van der Waals surface area contributed by atoms with Crippen molar-refractivity contribution in [3.8, 4) is 0 Å². The van der Waals surface area contributed by atoms with E-state index in [0.29, 0.717) is 18.4 Å². The van der Waals surface area contributed by atoms with Crippen molar-refractivity contribution in [3.05, 3.63) is 71.8 Å². The lowest BCUT2D eigenvalue weighted by molar-refractivity contribution is -0.148. The SMILES string of the molecule is COC(=O)C1(NC(=O)[C@@H](NC(=O)OCc2ccccc2)C(Cc2ccccc2)C(=O)O)CC1. The van der Waals surface area contributed by atoms with Crippen LogP contribution in [-0.4, -0.2) is 47.7 Å². The molecule has 2 aromatic rings. The van der Waals surface area contributed by atoms with Gasteiger partial charge in [0.05, 0.1) is 13.0 Å². The average Bonchev–Trinajstić information content (AvgIpc) is 3.61. The number of carbonyl (C=O) groups is 4. The molecule has 2 atom stereocenters. The smallest absolute Gasteiger partial charge is 0.408 e. The standard InChI is InChI=1S/C24H26N2O7/c1-32-22(30)24(12-13-24)26-20(27)19(18(21(28)29)14-16-8-4-2-5-9-16)25-23(31)33-15-17-10-6-3-7-11-17/h2-11,18-19H,12-15H2,1H3,(H,25,31)(H,26,27)(H,28,29)/t18?,19-/m0/s1. The van der Waals surface area contributed by atoms with Crippen molar-refractivity contribution >= 4 is 23.9 Å². The van der Waals surface area contributed by atoms with E-state index >= 15 is 0 Å². The van der Waals surface area contributed by atoms with E-state index in [4.69, 9.17) is 9.47 Å². The molecule has 1 saturated carbocycles. The van der Waals surface area contributed by atoms with Crippen LogP contribution < -0.4 is 10.6 Å². The summed E-state index contributed by atoms with van der Waals surface area (Å²) < 4.78 is 9.94. The first kappa shape index (κ1) is 23.8. The van der Waals surface area contributed by atoms with E-state index in [2.05, 4.69) is 10.6 Å². The van der Waals surface area contributed by atoms with E-state index in [-0.39, 0.29) is 13.0 Å². The Kier molecular flexibility index (Phi) is 7.66. The Bertz CT molecular complexity index is 990. The molecule has 1 aliphatic rings. The summed E-state index contributed by atoms with van der Waals surface area (Å²) in [6.45, 7) is -0.0520. The summed E-state index contributed by atoms with van der Waals surface area (Å²) in [5.74, 6) is -3.98. The van der Waals surface area contributed by atoms with Crippen LogP contribution in [0.5, 0.6) is 0 Å². The van der Waals surface area contributed by atoms with Gasteiger partial charge in [0.15, 0.2) is 0 Å². The minimum atomic E-state index is -1.48. The highest BCUT2D eigenvalue weighted by Gasteiger charge is 2.54. The van der Waals surface area contributed by atoms with E-state index < -0.39 is 41.4 Å². The third-order valence-electron chi connectivity index (χ3n) is 5.48. The molecule has 0 saturated heterocycles. The van der Waals surface area contributed by atoms with Crippen molar-refractivity contribution in [1.82, 2.24) is 10.6 Å². The molecule has 3 rings (SSSR count). The van der Waals surface area contributed by atoms with Gasteiger partial charge in [-0.15, -0.1) is 0 Å². The van der Waals surface area contributed by atoms with Crippen molar-refractivity contribution < 1.29 is 33.8 Å². The van der Waals surface area contributed by atoms with Crippen LogP contribution in [0.1, 0.15) is 24.0 Å². The Labute approximate surface area is 191 Å². The maximum absolute atomic E-state index is 13.1. The molecule has 2 aromatic carbocycles. The summed E-state index contributed by atoms with van der Waals surface area (Å²) in [5.41, 5.74) is 0.210. The summed E-state index contributed by atoms with van der Waals surface area (Å²) in [6.07, 6.45) is -0.223. The third-order valence-corrected chi connectivity index (χ3v) is 5.48. The molecule has 0 spiro atoms. The van der Waals surface area contributed by atoms with Crippen molar-refractivity contribution in [1.29, 1.82) is 0 Å². The first-order valence-corrected chi connectivity index (χ1v) is 10.5. The van der Waals surface area contributed by atoms with Gasteiger partial charge in [-0.1, -0.05) is 60.7 Å². The van der Waals surface area contributed by atoms with E-state index in [0.717, 1.165) is 5.56 Å². The first-order valence-electron chi connectivity index (χ1n) is 10.5. The normalized spacial score (nSPS) is 15.4. The van der Waals surface area contributed by atoms with Gasteiger partial charge in [0.1, 0.15) is 18.2 Å². The monoisotopic (exact) mass is 454 g/mol. The van der Waals surface area contributed by atoms with Gasteiger partial charge in [0, 0.05) is 0 Å². The number of ether oxygens (including phenoxy) is 2. The van der Waals surface area contributed by atoms with Crippen LogP contribution in [0.25, 0.3) is 0 Å². The molecule has 3 N–H and O–H groups in total. The predicted molar refractivity (Wildman–Crippen MR) is 117 cm³/mol. The number of nitrogens with one attached hydrogen (secondary N) is 2. The Hall–Kier alpha value is -3.88. The molecule has 1 aliphatic carbocycles. The largest absolute Gasteiger partial charge is 0.481 e. The number of benzene rings is 2. The van der Waals surface area contributed by atoms with Crippen LogP contribution in [-0.2, 0) is 36.9 Å². The van der Waals surface area contributed by atoms with E-state index in [1.807, 2.05) is 6.07 Å². The second kappa shape index (κ2) is 10.6. The number of hydrogen-bond donors (Lipinski definition) is 3. The molecule has 1 unspecified atom stereocenters. The summed E-state index contributed by atoms with van der Waals surface area (Å²) in [7, 11) is 1.21. The van der Waals surface area contributed by atoms with Gasteiger partial charge >= 0.3 is 18.0 Å². The zero-order valence-electron chi connectivity index (χ0n) is 18.2. The fourth-order valence-corrected chi connectivity index (χ4v) is 3.47. The Morgan fingerprint density at radius 2 is 1.55 bits per heavy atom. The zero-order valence-corrected chi connectivity index (χ0v) is 18.2. The van der Waals surface area contributed by atoms with Crippen LogP contribution >= 0.6 is 0 Å². The molecule has 2 amide bonds. The minimum absolute atomic E-state index is 0.0154. The number of hydrogen-bond acceptors (Lipinski definition) is 6. The zero-order chi connectivity index (χ0) is 23.8. The molecule has 0 heterocycles. The van der Waals surface area contributed by atoms with Gasteiger partial charge in [-0.05, 0) is 30.4 Å². The van der Waals surface area contributed by atoms with E-state index in [9.17, 15) is 24.3 Å². The number of esters is 1. The summed E-state index contributed by atoms with van der Waals surface area (Å²) >= 11 is 0. The van der Waals surface area contributed by atoms with Gasteiger partial charge in [0.2, 0.25) is 5.91 Å². The van der Waals surface area contributed by atoms with Crippen LogP contribution in [0.2, 0.25) is 0 Å². The lowest BCUT2D eigenvalue weighted by Crippen LogP contribution is -2.57. The molecule has 9 heteroatoms. The Morgan fingerprint density at radius 1 is 0.970 bits per heavy atom. The molecule has 0 aromatic heterocycles. The highest BCUT2D eigenvalue weighted by Crippen LogP contribution is 2.36. The molecule has 0 radical (unpaired) electrons. The highest BCUT2D eigenvalue weighted by molar-refractivity contribution is 5.96. The second-order valence-corrected chi connectivity index (χ2v) is 7.88. The quantitative estimate of drug-likeness (QED) is 0.468. The predicted octanol–water partition coefficient (Wildman–Crippen LogP) is 2.05. The topological polar surface area (TPSA) is 131 Å². The Morgan fingerprint density at radius 3 is 2.06 bits per heavy atom. The van der Waals surface area contributed by atoms with Crippen LogP contribution in [0.4, 0.5) is 4.79 Å². The number of alkyl carbamates (subject to hydrolysis) is 1. The maximum Gasteiger partial charge on any atom is 0.408 e. The molecule has 33 heavy (non-hydrogen) atoms. The molecule has 0 aliphatic heterocycles. The van der Waals surface area contributed by atoms with Gasteiger partial charge in [0.25, 0.3) is 0 Å². The number of methoxy groups -OCH3 is 1. The Balaban J connectivity index is 1.78. The number of carbonyl (C=O) groups excluding carboxylic acids is 3.